The predicted octanol–water partition coefficient (Wildman–Crippen LogP) is -8.26. The molecule has 0 bridgehead atoms. The minimum Gasteiger partial charge on any atom is -0.481 e. The number of carboxylic acid groups (broad SMARTS) is 1. The van der Waals surface area contributed by atoms with Crippen molar-refractivity contribution in [3.63, 3.8) is 0 Å². The number of hydrogen-bond donors (Lipinski definition) is 13. The van der Waals surface area contributed by atoms with Crippen LogP contribution in [-0.4, -0.2) is 168 Å². The molecule has 3 fully saturated rings. The smallest absolute Gasteiger partial charge is 0.309 e. The minimum atomic E-state index is -3.37. The van der Waals surface area contributed by atoms with E-state index in [1.165, 1.54) is 0 Å². The molecule has 0 spiro atoms. The molecule has 0 aromatic rings. The van der Waals surface area contributed by atoms with Crippen LogP contribution in [0, 0.1) is 5.92 Å². The molecule has 3 aliphatic rings. The van der Waals surface area contributed by atoms with Gasteiger partial charge >= 0.3 is 5.97 Å². The topological polar surface area (TPSA) is 344 Å². The van der Waals surface area contributed by atoms with Gasteiger partial charge in [-0.3, -0.25) is 4.79 Å². The van der Waals surface area contributed by atoms with Gasteiger partial charge in [-0.05, 0) is 6.92 Å². The molecule has 19 nitrogen and oxygen atoms in total. The Morgan fingerprint density at radius 2 is 1.35 bits per heavy atom. The normalized spacial score (nSPS) is 48.5. The number of carbonyl (C=O) groups is 1. The van der Waals surface area contributed by atoms with Gasteiger partial charge in [0.1, 0.15) is 42.7 Å². The Hall–Kier alpha value is -1.21. The fourth-order valence-electron chi connectivity index (χ4n) is 5.03. The summed E-state index contributed by atoms with van der Waals surface area (Å²) in [7, 11) is 0. The van der Waals surface area contributed by atoms with E-state index in [9.17, 15) is 55.9 Å². The Morgan fingerprint density at radius 3 is 1.85 bits per heavy atom. The van der Waals surface area contributed by atoms with Gasteiger partial charge in [-0.25, -0.2) is 0 Å². The third kappa shape index (κ3) is 5.59. The van der Waals surface area contributed by atoms with Crippen molar-refractivity contribution in [2.45, 2.75) is 98.0 Å². The highest BCUT2D eigenvalue weighted by Crippen LogP contribution is 2.42. The van der Waals surface area contributed by atoms with Crippen molar-refractivity contribution in [1.82, 2.24) is 0 Å². The molecule has 234 valence electrons. The molecule has 3 saturated heterocycles. The second-order valence-corrected chi connectivity index (χ2v) is 10.2. The van der Waals surface area contributed by atoms with E-state index in [-0.39, 0.29) is 0 Å². The summed E-state index contributed by atoms with van der Waals surface area (Å²) in [6.45, 7) is -1.93. The number of hydrogen-bond acceptors (Lipinski definition) is 18. The highest BCUT2D eigenvalue weighted by atomic mass is 16.8. The monoisotopic (exact) mass is 589 g/mol. The first kappa shape index (κ1) is 33.3. The second kappa shape index (κ2) is 12.6. The number of aliphatic carboxylic acids is 1. The molecule has 3 rings (SSSR count). The van der Waals surface area contributed by atoms with Crippen LogP contribution in [0.5, 0.6) is 0 Å². The Morgan fingerprint density at radius 1 is 0.850 bits per heavy atom. The van der Waals surface area contributed by atoms with E-state index in [4.69, 9.17) is 40.9 Å². The van der Waals surface area contributed by atoms with Crippen molar-refractivity contribution in [3.05, 3.63) is 0 Å². The molecule has 0 radical (unpaired) electrons. The minimum absolute atomic E-state index is 0.719. The number of nitrogens with two attached hydrogens (primary N) is 3. The van der Waals surface area contributed by atoms with Crippen LogP contribution in [0.15, 0.2) is 0 Å². The molecule has 15 atom stereocenters. The standard InChI is InChI=1S/C21H39N3O16/c1-5(16(31)32)20(4-27)21(34,35)15(30)10(24)19(40-20)39-14-7(3-26)37-18(9(23)12(14)29)38-13-6(2-25)36-17(33)8(22)11(13)28/h5-15,17-19,25-30,33-35H,2-4,22-24H2,1H3,(H,31,32)/t5?,6-,7-,8-,9-,10-,11-,12-,13?,14?,15-,17-,18+,19+,20+/m1/s1. The van der Waals surface area contributed by atoms with Gasteiger partial charge in [-0.15, -0.1) is 0 Å². The Kier molecular flexibility index (Phi) is 10.5. The fourth-order valence-corrected chi connectivity index (χ4v) is 5.03. The van der Waals surface area contributed by atoms with Crippen molar-refractivity contribution in [2.75, 3.05) is 19.8 Å². The second-order valence-electron chi connectivity index (χ2n) is 10.2. The van der Waals surface area contributed by atoms with Crippen LogP contribution in [0.1, 0.15) is 6.92 Å². The third-order valence-electron chi connectivity index (χ3n) is 7.75. The molecular weight excluding hydrogens is 550 g/mol. The van der Waals surface area contributed by atoms with Gasteiger partial charge in [0.25, 0.3) is 0 Å². The van der Waals surface area contributed by atoms with E-state index in [0.717, 1.165) is 6.92 Å². The quantitative estimate of drug-likeness (QED) is 0.111. The van der Waals surface area contributed by atoms with Crippen LogP contribution in [0.2, 0.25) is 0 Å². The highest BCUT2D eigenvalue weighted by molar-refractivity contribution is 5.71. The lowest BCUT2D eigenvalue weighted by Gasteiger charge is -2.55. The lowest BCUT2D eigenvalue weighted by atomic mass is 9.75. The van der Waals surface area contributed by atoms with Crippen LogP contribution in [-0.2, 0) is 28.5 Å². The molecule has 40 heavy (non-hydrogen) atoms. The van der Waals surface area contributed by atoms with Crippen molar-refractivity contribution in [1.29, 1.82) is 0 Å². The lowest BCUT2D eigenvalue weighted by molar-refractivity contribution is -0.425. The third-order valence-corrected chi connectivity index (χ3v) is 7.75. The molecule has 3 heterocycles. The summed E-state index contributed by atoms with van der Waals surface area (Å²) in [5.41, 5.74) is 14.9. The number of rotatable bonds is 9. The van der Waals surface area contributed by atoms with E-state index < -0.39 is 123 Å². The summed E-state index contributed by atoms with van der Waals surface area (Å²) >= 11 is 0. The number of aliphatic hydroxyl groups excluding tert-OH is 7. The lowest BCUT2D eigenvalue weighted by Crippen LogP contribution is -2.79. The highest BCUT2D eigenvalue weighted by Gasteiger charge is 2.67. The first-order valence-corrected chi connectivity index (χ1v) is 12.4. The maximum atomic E-state index is 11.7. The summed E-state index contributed by atoms with van der Waals surface area (Å²) in [4.78, 5) is 11.7. The summed E-state index contributed by atoms with van der Waals surface area (Å²) in [6, 6.07) is -4.63. The van der Waals surface area contributed by atoms with E-state index >= 15 is 0 Å². The van der Waals surface area contributed by atoms with E-state index in [1.807, 2.05) is 0 Å². The molecular formula is C21H39N3O16. The summed E-state index contributed by atoms with van der Waals surface area (Å²) < 4.78 is 27.5. The van der Waals surface area contributed by atoms with Crippen LogP contribution in [0.25, 0.3) is 0 Å². The van der Waals surface area contributed by atoms with Gasteiger partial charge < -0.3 is 92.0 Å². The average Bonchev–Trinajstić information content (AvgIpc) is 2.92. The van der Waals surface area contributed by atoms with Crippen LogP contribution < -0.4 is 17.2 Å². The first-order valence-electron chi connectivity index (χ1n) is 12.4. The van der Waals surface area contributed by atoms with Crippen LogP contribution in [0.3, 0.4) is 0 Å². The fraction of sp³-hybridized carbons (Fsp3) is 0.952. The summed E-state index contributed by atoms with van der Waals surface area (Å²) in [5, 5.41) is 102. The number of carboxylic acids is 1. The van der Waals surface area contributed by atoms with Gasteiger partial charge in [0.2, 0.25) is 5.79 Å². The van der Waals surface area contributed by atoms with Gasteiger partial charge in [0.05, 0.1) is 43.9 Å². The molecule has 19 heteroatoms. The Labute approximate surface area is 227 Å². The first-order chi connectivity index (χ1) is 18.6. The molecule has 0 aliphatic carbocycles. The van der Waals surface area contributed by atoms with Crippen molar-refractivity contribution in [2.24, 2.45) is 23.1 Å². The molecule has 0 aromatic carbocycles. The summed E-state index contributed by atoms with van der Waals surface area (Å²) in [6.07, 6.45) is -16.6. The number of aliphatic hydroxyl groups is 9. The Bertz CT molecular complexity index is 868. The van der Waals surface area contributed by atoms with Crippen molar-refractivity contribution in [3.8, 4) is 0 Å². The van der Waals surface area contributed by atoms with E-state index in [2.05, 4.69) is 0 Å². The van der Waals surface area contributed by atoms with Crippen molar-refractivity contribution < 1.29 is 79.5 Å². The van der Waals surface area contributed by atoms with Gasteiger partial charge in [0, 0.05) is 0 Å². The molecule has 0 amide bonds. The van der Waals surface area contributed by atoms with E-state index in [0.29, 0.717) is 0 Å². The largest absolute Gasteiger partial charge is 0.481 e. The number of ether oxygens (including phenoxy) is 5. The average molecular weight is 590 g/mol. The van der Waals surface area contributed by atoms with Gasteiger partial charge in [0.15, 0.2) is 24.5 Å². The maximum Gasteiger partial charge on any atom is 0.309 e. The molecule has 3 unspecified atom stereocenters. The summed E-state index contributed by atoms with van der Waals surface area (Å²) in [5.74, 6) is -6.84. The van der Waals surface area contributed by atoms with Crippen LogP contribution in [0.4, 0.5) is 0 Å². The molecule has 0 aromatic heterocycles. The molecule has 3 aliphatic heterocycles. The van der Waals surface area contributed by atoms with Gasteiger partial charge in [-0.1, -0.05) is 0 Å². The zero-order valence-corrected chi connectivity index (χ0v) is 21.4. The van der Waals surface area contributed by atoms with Gasteiger partial charge in [-0.2, -0.15) is 0 Å². The van der Waals surface area contributed by atoms with Crippen LogP contribution >= 0.6 is 0 Å². The van der Waals surface area contributed by atoms with Crippen molar-refractivity contribution >= 4 is 5.97 Å². The predicted molar refractivity (Wildman–Crippen MR) is 124 cm³/mol. The molecule has 0 saturated carbocycles. The van der Waals surface area contributed by atoms with E-state index in [1.54, 1.807) is 0 Å². The maximum absolute atomic E-state index is 11.7. The SMILES string of the molecule is CC(C(=O)O)[C@]1(CO)O[C@H](OC2[C@@H](CO)O[C@@H](OC3[C@@H](CO)O[C@@H](O)[C@H](N)[C@H]3O)[C@H](N)[C@H]2O)[C@H](N)[C@@H](O)C1(O)O. The zero-order chi connectivity index (χ0) is 30.3. The zero-order valence-electron chi connectivity index (χ0n) is 21.4. The molecule has 16 N–H and O–H groups in total. The Balaban J connectivity index is 1.83.